The highest BCUT2D eigenvalue weighted by Gasteiger charge is 2.20. The molecule has 0 saturated heterocycles. The Labute approximate surface area is 296 Å². The summed E-state index contributed by atoms with van der Waals surface area (Å²) in [6.45, 7) is 0. The molecule has 3 aromatic heterocycles. The van der Waals surface area contributed by atoms with Gasteiger partial charge in [-0.1, -0.05) is 91.0 Å². The van der Waals surface area contributed by atoms with Crippen molar-refractivity contribution in [1.29, 1.82) is 0 Å². The second-order valence-corrected chi connectivity index (χ2v) is 14.1. The smallest absolute Gasteiger partial charge is 0.136 e. The van der Waals surface area contributed by atoms with Crippen molar-refractivity contribution < 1.29 is 4.42 Å². The van der Waals surface area contributed by atoms with Crippen LogP contribution in [0, 0.1) is 0 Å². The minimum atomic E-state index is 0.913. The van der Waals surface area contributed by atoms with E-state index in [2.05, 4.69) is 148 Å². The second-order valence-electron chi connectivity index (χ2n) is 13.0. The number of hydrogen-bond donors (Lipinski definition) is 0. The number of rotatable bonds is 4. The van der Waals surface area contributed by atoms with Gasteiger partial charge in [-0.2, -0.15) is 0 Å². The van der Waals surface area contributed by atoms with Crippen molar-refractivity contribution in [3.05, 3.63) is 164 Å². The van der Waals surface area contributed by atoms with Gasteiger partial charge in [0.15, 0.2) is 0 Å². The van der Waals surface area contributed by atoms with E-state index in [1.807, 2.05) is 35.9 Å². The lowest BCUT2D eigenvalue weighted by atomic mass is 9.92. The monoisotopic (exact) mass is 669 g/mol. The SMILES string of the molecule is c1ccc2c(c1)oc1cc3c4ccccc4c4cc(N(c5ccc(-c6cncnc6)cc5)c5cccc6c5sc5ccccc56)ccc4c3cc12. The molecule has 0 atom stereocenters. The van der Waals surface area contributed by atoms with Crippen LogP contribution in [0.25, 0.3) is 85.6 Å². The molecule has 0 spiro atoms. The molecule has 0 aliphatic rings. The van der Waals surface area contributed by atoms with Crippen LogP contribution in [-0.2, 0) is 0 Å². The number of nitrogens with zero attached hydrogens (tertiary/aromatic N) is 3. The predicted molar refractivity (Wildman–Crippen MR) is 215 cm³/mol. The average Bonchev–Trinajstić information content (AvgIpc) is 3.77. The summed E-state index contributed by atoms with van der Waals surface area (Å²) >= 11 is 1.85. The molecule has 8 aromatic carbocycles. The average molecular weight is 670 g/mol. The molecule has 0 aliphatic carbocycles. The third kappa shape index (κ3) is 4.32. The number of thiophene rings is 1. The minimum absolute atomic E-state index is 0.913. The molecule has 11 rings (SSSR count). The highest BCUT2D eigenvalue weighted by Crippen LogP contribution is 2.47. The molecule has 0 saturated carbocycles. The maximum atomic E-state index is 6.35. The van der Waals surface area contributed by atoms with Crippen molar-refractivity contribution in [3.63, 3.8) is 0 Å². The molecule has 0 amide bonds. The summed E-state index contributed by atoms with van der Waals surface area (Å²) in [5.74, 6) is 0. The quantitative estimate of drug-likeness (QED) is 0.175. The molecule has 0 unspecified atom stereocenters. The number of anilines is 3. The lowest BCUT2D eigenvalue weighted by Crippen LogP contribution is -2.10. The molecular weight excluding hydrogens is 643 g/mol. The van der Waals surface area contributed by atoms with Gasteiger partial charge >= 0.3 is 0 Å². The Bertz CT molecular complexity index is 3140. The van der Waals surface area contributed by atoms with E-state index in [9.17, 15) is 0 Å². The Balaban J connectivity index is 1.19. The zero-order valence-electron chi connectivity index (χ0n) is 27.2. The van der Waals surface area contributed by atoms with Gasteiger partial charge in [-0.15, -0.1) is 11.3 Å². The number of benzene rings is 8. The lowest BCUT2D eigenvalue weighted by Gasteiger charge is -2.27. The van der Waals surface area contributed by atoms with Gasteiger partial charge < -0.3 is 9.32 Å². The molecule has 0 aliphatic heterocycles. The summed E-state index contributed by atoms with van der Waals surface area (Å²) in [6, 6.07) is 52.7. The Morgan fingerprint density at radius 3 is 1.90 bits per heavy atom. The van der Waals surface area contributed by atoms with E-state index < -0.39 is 0 Å². The summed E-state index contributed by atoms with van der Waals surface area (Å²) in [4.78, 5) is 10.9. The molecule has 4 nitrogen and oxygen atoms in total. The molecule has 0 bridgehead atoms. The number of furan rings is 1. The number of hydrogen-bond acceptors (Lipinski definition) is 5. The Hall–Kier alpha value is -6.56. The first-order valence-corrected chi connectivity index (χ1v) is 17.9. The zero-order chi connectivity index (χ0) is 33.5. The van der Waals surface area contributed by atoms with E-state index in [0.29, 0.717) is 0 Å². The van der Waals surface area contributed by atoms with Crippen LogP contribution < -0.4 is 4.90 Å². The van der Waals surface area contributed by atoms with Crippen LogP contribution in [0.3, 0.4) is 0 Å². The summed E-state index contributed by atoms with van der Waals surface area (Å²) < 4.78 is 8.90. The van der Waals surface area contributed by atoms with Crippen molar-refractivity contribution in [2.75, 3.05) is 4.90 Å². The predicted octanol–water partition coefficient (Wildman–Crippen LogP) is 13.3. The maximum absolute atomic E-state index is 6.35. The highest BCUT2D eigenvalue weighted by atomic mass is 32.1. The molecule has 238 valence electrons. The molecule has 0 radical (unpaired) electrons. The first-order chi connectivity index (χ1) is 25.3. The van der Waals surface area contributed by atoms with Crippen LogP contribution >= 0.6 is 11.3 Å². The van der Waals surface area contributed by atoms with Gasteiger partial charge in [-0.25, -0.2) is 9.97 Å². The van der Waals surface area contributed by atoms with Crippen LogP contribution in [-0.4, -0.2) is 9.97 Å². The summed E-state index contributed by atoms with van der Waals surface area (Å²) in [6.07, 6.45) is 5.28. The van der Waals surface area contributed by atoms with E-state index >= 15 is 0 Å². The Morgan fingerprint density at radius 1 is 0.431 bits per heavy atom. The van der Waals surface area contributed by atoms with Crippen LogP contribution in [0.1, 0.15) is 0 Å². The van der Waals surface area contributed by atoms with Crippen molar-refractivity contribution >= 4 is 103 Å². The fourth-order valence-electron chi connectivity index (χ4n) is 7.89. The van der Waals surface area contributed by atoms with E-state index in [1.54, 1.807) is 6.33 Å². The lowest BCUT2D eigenvalue weighted by molar-refractivity contribution is 0.669. The first-order valence-electron chi connectivity index (χ1n) is 17.0. The van der Waals surface area contributed by atoms with E-state index in [4.69, 9.17) is 4.42 Å². The van der Waals surface area contributed by atoms with Gasteiger partial charge in [0.25, 0.3) is 0 Å². The fraction of sp³-hybridized carbons (Fsp3) is 0. The van der Waals surface area contributed by atoms with Crippen molar-refractivity contribution in [1.82, 2.24) is 9.97 Å². The minimum Gasteiger partial charge on any atom is -0.456 e. The third-order valence-electron chi connectivity index (χ3n) is 10.2. The van der Waals surface area contributed by atoms with Gasteiger partial charge in [0.1, 0.15) is 17.5 Å². The van der Waals surface area contributed by atoms with Crippen LogP contribution in [0.5, 0.6) is 0 Å². The maximum Gasteiger partial charge on any atom is 0.136 e. The zero-order valence-corrected chi connectivity index (χ0v) is 28.1. The number of fused-ring (bicyclic) bond motifs is 12. The van der Waals surface area contributed by atoms with Gasteiger partial charge in [0, 0.05) is 55.6 Å². The molecule has 11 aromatic rings. The Morgan fingerprint density at radius 2 is 1.08 bits per heavy atom. The standard InChI is InChI=1S/C46H27N3OS/c1-2-9-33-32(8-1)38-22-31(20-21-34(38)39-23-41-35-10-3-5-14-43(35)50-44(41)24-40(33)39)49(30-18-16-28(17-19-30)29-25-47-27-48-26-29)42-13-7-12-37-36-11-4-6-15-45(36)51-46(37)42/h1-27H. The summed E-state index contributed by atoms with van der Waals surface area (Å²) in [5.41, 5.74) is 7.23. The number of aromatic nitrogens is 2. The van der Waals surface area contributed by atoms with E-state index in [-0.39, 0.29) is 0 Å². The van der Waals surface area contributed by atoms with Gasteiger partial charge in [-0.3, -0.25) is 0 Å². The van der Waals surface area contributed by atoms with Crippen molar-refractivity contribution in [2.45, 2.75) is 0 Å². The van der Waals surface area contributed by atoms with Gasteiger partial charge in [0.2, 0.25) is 0 Å². The van der Waals surface area contributed by atoms with Crippen LogP contribution in [0.2, 0.25) is 0 Å². The molecular formula is C46H27N3OS. The molecule has 0 fully saturated rings. The largest absolute Gasteiger partial charge is 0.456 e. The van der Waals surface area contributed by atoms with E-state index in [1.165, 1.54) is 52.5 Å². The highest BCUT2D eigenvalue weighted by molar-refractivity contribution is 7.26. The number of para-hydroxylation sites is 1. The Kier molecular flexibility index (Phi) is 6.09. The molecule has 3 heterocycles. The second kappa shape index (κ2) is 11.0. The van der Waals surface area contributed by atoms with Crippen molar-refractivity contribution in [3.8, 4) is 11.1 Å². The summed E-state index contributed by atoms with van der Waals surface area (Å²) in [5, 5.41) is 12.1. The van der Waals surface area contributed by atoms with Crippen LogP contribution in [0.4, 0.5) is 17.1 Å². The first kappa shape index (κ1) is 28.3. The topological polar surface area (TPSA) is 42.2 Å². The summed E-state index contributed by atoms with van der Waals surface area (Å²) in [7, 11) is 0. The van der Waals surface area contributed by atoms with E-state index in [0.717, 1.165) is 50.1 Å². The fourth-order valence-corrected chi connectivity index (χ4v) is 9.09. The third-order valence-corrected chi connectivity index (χ3v) is 11.4. The molecule has 5 heteroatoms. The van der Waals surface area contributed by atoms with Crippen LogP contribution in [0.15, 0.2) is 169 Å². The van der Waals surface area contributed by atoms with Gasteiger partial charge in [-0.05, 0) is 92.5 Å². The van der Waals surface area contributed by atoms with Gasteiger partial charge in [0.05, 0.1) is 10.4 Å². The molecule has 51 heavy (non-hydrogen) atoms. The van der Waals surface area contributed by atoms with Crippen molar-refractivity contribution in [2.24, 2.45) is 0 Å². The normalized spacial score (nSPS) is 11.9. The molecule has 0 N–H and O–H groups in total.